The van der Waals surface area contributed by atoms with Crippen molar-refractivity contribution >= 4 is 0 Å². The van der Waals surface area contributed by atoms with Crippen molar-refractivity contribution in [3.05, 3.63) is 10.4 Å². The highest BCUT2D eigenvalue weighted by molar-refractivity contribution is 4.83. The minimum atomic E-state index is -0.0533. The molecule has 1 saturated heterocycles. The van der Waals surface area contributed by atoms with Crippen molar-refractivity contribution in [1.82, 2.24) is 14.7 Å². The van der Waals surface area contributed by atoms with Crippen molar-refractivity contribution in [3.63, 3.8) is 0 Å². The number of likely N-dealkylation sites (N-methyl/N-ethyl adjacent to an activating group) is 2. The van der Waals surface area contributed by atoms with E-state index in [4.69, 9.17) is 5.53 Å². The van der Waals surface area contributed by atoms with Crippen molar-refractivity contribution < 1.29 is 0 Å². The van der Waals surface area contributed by atoms with Crippen LogP contribution in [0.1, 0.15) is 0 Å². The van der Waals surface area contributed by atoms with Gasteiger partial charge in [0.25, 0.3) is 0 Å². The van der Waals surface area contributed by atoms with Crippen LogP contribution in [0.5, 0.6) is 0 Å². The lowest BCUT2D eigenvalue weighted by molar-refractivity contribution is 0.0387. The summed E-state index contributed by atoms with van der Waals surface area (Å²) in [5.74, 6) is 0. The van der Waals surface area contributed by atoms with Gasteiger partial charge >= 0.3 is 0 Å². The molecule has 0 aliphatic carbocycles. The predicted molar refractivity (Wildman–Crippen MR) is 50.8 cm³/mol. The van der Waals surface area contributed by atoms with Gasteiger partial charge in [0.2, 0.25) is 0 Å². The average Bonchev–Trinajstić information content (AvgIpc) is 2.28. The van der Waals surface area contributed by atoms with E-state index < -0.39 is 0 Å². The smallest absolute Gasteiger partial charge is 0.119 e. The third kappa shape index (κ3) is 1.92. The summed E-state index contributed by atoms with van der Waals surface area (Å²) in [6.45, 7) is 0.781. The van der Waals surface area contributed by atoms with Crippen molar-refractivity contribution in [2.24, 2.45) is 5.11 Å². The standard InChI is InChI=1S/C7H16N6/c1-11(2)7-12(3)5-6(9-10-8)13(7)4/h6-7H,5H2,1-4H3. The van der Waals surface area contributed by atoms with E-state index in [1.165, 1.54) is 0 Å². The fourth-order valence-corrected chi connectivity index (χ4v) is 1.88. The molecule has 2 unspecified atom stereocenters. The van der Waals surface area contributed by atoms with Gasteiger partial charge in [0.1, 0.15) is 12.5 Å². The molecule has 1 fully saturated rings. The number of azide groups is 1. The third-order valence-corrected chi connectivity index (χ3v) is 2.33. The van der Waals surface area contributed by atoms with Gasteiger partial charge in [-0.05, 0) is 33.7 Å². The lowest BCUT2D eigenvalue weighted by Crippen LogP contribution is -2.46. The lowest BCUT2D eigenvalue weighted by Gasteiger charge is -2.31. The second-order valence-electron chi connectivity index (χ2n) is 3.60. The third-order valence-electron chi connectivity index (χ3n) is 2.33. The number of rotatable bonds is 2. The van der Waals surface area contributed by atoms with Crippen LogP contribution < -0.4 is 0 Å². The monoisotopic (exact) mass is 184 g/mol. The first kappa shape index (κ1) is 10.3. The molecule has 74 valence electrons. The summed E-state index contributed by atoms with van der Waals surface area (Å²) < 4.78 is 0. The SMILES string of the molecule is CN(C)C1N(C)CC(N=[N+]=[N-])N1C. The van der Waals surface area contributed by atoms with E-state index in [1.807, 2.05) is 28.2 Å². The van der Waals surface area contributed by atoms with Gasteiger partial charge in [-0.1, -0.05) is 5.11 Å². The fourth-order valence-electron chi connectivity index (χ4n) is 1.88. The van der Waals surface area contributed by atoms with Gasteiger partial charge in [0.15, 0.2) is 0 Å². The number of hydrogen-bond acceptors (Lipinski definition) is 4. The summed E-state index contributed by atoms with van der Waals surface area (Å²) in [6.07, 6.45) is 0.165. The molecule has 6 nitrogen and oxygen atoms in total. The molecule has 0 bridgehead atoms. The Bertz CT molecular complexity index is 221. The predicted octanol–water partition coefficient (Wildman–Crippen LogP) is 0.345. The van der Waals surface area contributed by atoms with Crippen LogP contribution in [0.4, 0.5) is 0 Å². The van der Waals surface area contributed by atoms with E-state index in [1.54, 1.807) is 0 Å². The van der Waals surface area contributed by atoms with Crippen LogP contribution in [0.15, 0.2) is 5.11 Å². The average molecular weight is 184 g/mol. The van der Waals surface area contributed by atoms with E-state index in [9.17, 15) is 0 Å². The van der Waals surface area contributed by atoms with Crippen molar-refractivity contribution in [3.8, 4) is 0 Å². The first-order chi connectivity index (χ1) is 6.07. The Labute approximate surface area is 78.3 Å². The van der Waals surface area contributed by atoms with Gasteiger partial charge in [-0.2, -0.15) is 0 Å². The fraction of sp³-hybridized carbons (Fsp3) is 1.00. The van der Waals surface area contributed by atoms with Gasteiger partial charge in [-0.3, -0.25) is 14.7 Å². The van der Waals surface area contributed by atoms with Crippen molar-refractivity contribution in [1.29, 1.82) is 0 Å². The minimum Gasteiger partial charge on any atom is -0.282 e. The van der Waals surface area contributed by atoms with E-state index in [-0.39, 0.29) is 12.5 Å². The van der Waals surface area contributed by atoms with Gasteiger partial charge < -0.3 is 0 Å². The first-order valence-electron chi connectivity index (χ1n) is 4.20. The van der Waals surface area contributed by atoms with E-state index in [0.29, 0.717) is 0 Å². The van der Waals surface area contributed by atoms with E-state index >= 15 is 0 Å². The molecule has 0 aromatic heterocycles. The molecule has 6 heteroatoms. The molecule has 0 radical (unpaired) electrons. The van der Waals surface area contributed by atoms with Crippen LogP contribution in [0.25, 0.3) is 10.4 Å². The second kappa shape index (κ2) is 3.93. The van der Waals surface area contributed by atoms with Crippen LogP contribution in [-0.2, 0) is 0 Å². The molecule has 1 aliphatic heterocycles. The lowest BCUT2D eigenvalue weighted by atomic mass is 10.5. The highest BCUT2D eigenvalue weighted by Gasteiger charge is 2.35. The zero-order valence-electron chi connectivity index (χ0n) is 8.55. The highest BCUT2D eigenvalue weighted by Crippen LogP contribution is 2.18. The molecule has 0 saturated carbocycles. The summed E-state index contributed by atoms with van der Waals surface area (Å²) in [5, 5.41) is 3.73. The Kier molecular flexibility index (Phi) is 3.11. The van der Waals surface area contributed by atoms with Crippen LogP contribution in [0.3, 0.4) is 0 Å². The van der Waals surface area contributed by atoms with Crippen LogP contribution in [-0.4, -0.2) is 61.9 Å². The Morgan fingerprint density at radius 3 is 2.46 bits per heavy atom. The summed E-state index contributed by atoms with van der Waals surface area (Å²) in [4.78, 5) is 9.13. The largest absolute Gasteiger partial charge is 0.282 e. The normalized spacial score (nSPS) is 30.8. The summed E-state index contributed by atoms with van der Waals surface area (Å²) in [6, 6.07) is 0. The Morgan fingerprint density at radius 2 is 2.08 bits per heavy atom. The van der Waals surface area contributed by atoms with Crippen molar-refractivity contribution in [2.45, 2.75) is 12.5 Å². The zero-order chi connectivity index (χ0) is 10.0. The zero-order valence-corrected chi connectivity index (χ0v) is 8.55. The Hall–Kier alpha value is -0.810. The molecular formula is C7H16N6. The van der Waals surface area contributed by atoms with E-state index in [2.05, 4.69) is 24.7 Å². The van der Waals surface area contributed by atoms with Crippen molar-refractivity contribution in [2.75, 3.05) is 34.7 Å². The summed E-state index contributed by atoms with van der Waals surface area (Å²) in [5.41, 5.74) is 8.36. The molecule has 1 aliphatic rings. The maximum Gasteiger partial charge on any atom is 0.119 e. The molecule has 13 heavy (non-hydrogen) atoms. The van der Waals surface area contributed by atoms with Gasteiger partial charge in [0.05, 0.1) is 0 Å². The van der Waals surface area contributed by atoms with Gasteiger partial charge in [-0.25, -0.2) is 0 Å². The van der Waals surface area contributed by atoms with Gasteiger partial charge in [-0.15, -0.1) is 0 Å². The van der Waals surface area contributed by atoms with Gasteiger partial charge in [0, 0.05) is 11.5 Å². The quantitative estimate of drug-likeness (QED) is 0.353. The maximum absolute atomic E-state index is 8.36. The summed E-state index contributed by atoms with van der Waals surface area (Å²) in [7, 11) is 8.01. The van der Waals surface area contributed by atoms with Crippen LogP contribution >= 0.6 is 0 Å². The first-order valence-corrected chi connectivity index (χ1v) is 4.20. The number of hydrogen-bond donors (Lipinski definition) is 0. The topological polar surface area (TPSA) is 58.5 Å². The van der Waals surface area contributed by atoms with Crippen LogP contribution in [0.2, 0.25) is 0 Å². The van der Waals surface area contributed by atoms with E-state index in [0.717, 1.165) is 6.54 Å². The molecule has 0 amide bonds. The highest BCUT2D eigenvalue weighted by atomic mass is 15.6. The molecule has 0 aromatic carbocycles. The molecule has 1 rings (SSSR count). The maximum atomic E-state index is 8.36. The molecule has 0 N–H and O–H groups in total. The molecule has 0 spiro atoms. The number of nitrogens with zero attached hydrogens (tertiary/aromatic N) is 6. The minimum absolute atomic E-state index is 0.0533. The molecular weight excluding hydrogens is 168 g/mol. The van der Waals surface area contributed by atoms with Crippen LogP contribution in [0, 0.1) is 0 Å². The molecule has 1 heterocycles. The second-order valence-corrected chi connectivity index (χ2v) is 3.60. The Balaban J connectivity index is 2.74. The molecule has 2 atom stereocenters. The summed E-state index contributed by atoms with van der Waals surface area (Å²) >= 11 is 0. The Morgan fingerprint density at radius 1 is 1.46 bits per heavy atom. The molecule has 0 aromatic rings.